The average molecular weight is 368 g/mol. The quantitative estimate of drug-likeness (QED) is 0.567. The molecule has 0 unspecified atom stereocenters. The lowest BCUT2D eigenvalue weighted by Gasteiger charge is -2.10. The van der Waals surface area contributed by atoms with Crippen LogP contribution in [0.3, 0.4) is 0 Å². The first-order valence-electron chi connectivity index (χ1n) is 7.19. The van der Waals surface area contributed by atoms with Gasteiger partial charge < -0.3 is 18.3 Å². The molecular weight excluding hydrogens is 354 g/mol. The van der Waals surface area contributed by atoms with Gasteiger partial charge in [-0.05, 0) is 30.7 Å². The molecule has 0 atom stereocenters. The second-order valence-electron chi connectivity index (χ2n) is 4.92. The summed E-state index contributed by atoms with van der Waals surface area (Å²) in [5.41, 5.74) is 1.58. The van der Waals surface area contributed by atoms with Gasteiger partial charge in [0.05, 0.1) is 18.9 Å². The highest BCUT2D eigenvalue weighted by molar-refractivity contribution is 7.98. The largest absolute Gasteiger partial charge is 0.493 e. The van der Waals surface area contributed by atoms with Gasteiger partial charge >= 0.3 is 6.61 Å². The van der Waals surface area contributed by atoms with Crippen LogP contribution in [0.4, 0.5) is 8.78 Å². The number of methoxy groups -OCH3 is 1. The standard InChI is InChI=1S/C16H14F2N2O4S/c1-9-11(5-6-22-9)14-19-20-16(24-14)25-8-10-3-4-12(23-15(17)18)13(7-10)21-2/h3-7,15H,8H2,1-2H3. The Morgan fingerprint density at radius 1 is 1.20 bits per heavy atom. The number of aryl methyl sites for hydroxylation is 1. The van der Waals surface area contributed by atoms with Crippen molar-refractivity contribution in [2.75, 3.05) is 7.11 Å². The molecule has 9 heteroatoms. The van der Waals surface area contributed by atoms with Gasteiger partial charge in [-0.25, -0.2) is 0 Å². The molecule has 0 saturated heterocycles. The number of furan rings is 1. The third-order valence-corrected chi connectivity index (χ3v) is 4.19. The van der Waals surface area contributed by atoms with E-state index < -0.39 is 6.61 Å². The maximum absolute atomic E-state index is 12.3. The minimum Gasteiger partial charge on any atom is -0.493 e. The van der Waals surface area contributed by atoms with Crippen LogP contribution in [-0.4, -0.2) is 23.9 Å². The van der Waals surface area contributed by atoms with E-state index in [1.54, 1.807) is 24.5 Å². The predicted molar refractivity (Wildman–Crippen MR) is 85.9 cm³/mol. The topological polar surface area (TPSA) is 70.5 Å². The van der Waals surface area contributed by atoms with Gasteiger partial charge in [0, 0.05) is 5.75 Å². The van der Waals surface area contributed by atoms with Crippen LogP contribution >= 0.6 is 11.8 Å². The highest BCUT2D eigenvalue weighted by Crippen LogP contribution is 2.32. The lowest BCUT2D eigenvalue weighted by molar-refractivity contribution is -0.0512. The molecule has 0 aliphatic rings. The molecule has 3 aromatic rings. The highest BCUT2D eigenvalue weighted by Gasteiger charge is 2.14. The summed E-state index contributed by atoms with van der Waals surface area (Å²) in [6.07, 6.45) is 1.55. The van der Waals surface area contributed by atoms with E-state index in [0.29, 0.717) is 22.6 Å². The van der Waals surface area contributed by atoms with Gasteiger partial charge in [0.1, 0.15) is 5.76 Å². The van der Waals surface area contributed by atoms with Crippen LogP contribution in [-0.2, 0) is 5.75 Å². The molecule has 6 nitrogen and oxygen atoms in total. The molecule has 2 heterocycles. The number of aromatic nitrogens is 2. The highest BCUT2D eigenvalue weighted by atomic mass is 32.2. The van der Waals surface area contributed by atoms with Crippen molar-refractivity contribution in [1.29, 1.82) is 0 Å². The summed E-state index contributed by atoms with van der Waals surface area (Å²) in [4.78, 5) is 0. The van der Waals surface area contributed by atoms with E-state index in [1.165, 1.54) is 24.9 Å². The summed E-state index contributed by atoms with van der Waals surface area (Å²) in [7, 11) is 1.39. The molecule has 0 radical (unpaired) electrons. The second kappa shape index (κ2) is 7.56. The van der Waals surface area contributed by atoms with Crippen LogP contribution in [0.15, 0.2) is 44.6 Å². The van der Waals surface area contributed by atoms with Crippen LogP contribution in [0.1, 0.15) is 11.3 Å². The second-order valence-corrected chi connectivity index (χ2v) is 5.84. The third kappa shape index (κ3) is 4.11. The molecule has 0 aliphatic carbocycles. The van der Waals surface area contributed by atoms with Crippen molar-refractivity contribution < 1.29 is 27.1 Å². The Bertz CT molecular complexity index is 850. The van der Waals surface area contributed by atoms with Crippen molar-refractivity contribution in [2.45, 2.75) is 24.5 Å². The number of nitrogens with zero attached hydrogens (tertiary/aromatic N) is 2. The van der Waals surface area contributed by atoms with Crippen LogP contribution in [0.25, 0.3) is 11.5 Å². The molecule has 25 heavy (non-hydrogen) atoms. The van der Waals surface area contributed by atoms with Gasteiger partial charge in [-0.3, -0.25) is 0 Å². The van der Waals surface area contributed by atoms with Crippen molar-refractivity contribution in [3.63, 3.8) is 0 Å². The van der Waals surface area contributed by atoms with E-state index in [1.807, 2.05) is 6.92 Å². The summed E-state index contributed by atoms with van der Waals surface area (Å²) in [5, 5.41) is 8.36. The molecule has 0 saturated carbocycles. The predicted octanol–water partition coefficient (Wildman–Crippen LogP) is 4.54. The van der Waals surface area contributed by atoms with E-state index >= 15 is 0 Å². The molecular formula is C16H14F2N2O4S. The molecule has 0 amide bonds. The zero-order chi connectivity index (χ0) is 17.8. The SMILES string of the molecule is COc1cc(CSc2nnc(-c3ccoc3C)o2)ccc1OC(F)F. The lowest BCUT2D eigenvalue weighted by atomic mass is 10.2. The minimum absolute atomic E-state index is 0.0123. The number of hydrogen-bond donors (Lipinski definition) is 0. The first-order chi connectivity index (χ1) is 12.1. The normalized spacial score (nSPS) is 11.1. The Morgan fingerprint density at radius 2 is 2.04 bits per heavy atom. The molecule has 0 spiro atoms. The summed E-state index contributed by atoms with van der Waals surface area (Å²) in [5.74, 6) is 1.80. The zero-order valence-corrected chi connectivity index (χ0v) is 14.2. The third-order valence-electron chi connectivity index (χ3n) is 3.30. The Kier molecular flexibility index (Phi) is 5.22. The summed E-state index contributed by atoms with van der Waals surface area (Å²) in [6, 6.07) is 6.49. The van der Waals surface area contributed by atoms with Crippen molar-refractivity contribution in [3.05, 3.63) is 41.9 Å². The zero-order valence-electron chi connectivity index (χ0n) is 13.4. The fourth-order valence-corrected chi connectivity index (χ4v) is 2.83. The number of benzene rings is 1. The van der Waals surface area contributed by atoms with E-state index in [0.717, 1.165) is 11.1 Å². The van der Waals surface area contributed by atoms with Crippen molar-refractivity contribution in [2.24, 2.45) is 0 Å². The maximum Gasteiger partial charge on any atom is 0.387 e. The van der Waals surface area contributed by atoms with Crippen LogP contribution in [0.5, 0.6) is 11.5 Å². The molecule has 2 aromatic heterocycles. The Labute approximate surface area is 146 Å². The monoisotopic (exact) mass is 368 g/mol. The van der Waals surface area contributed by atoms with Gasteiger partial charge in [0.2, 0.25) is 0 Å². The molecule has 0 bridgehead atoms. The molecule has 132 valence electrons. The fraction of sp³-hybridized carbons (Fsp3) is 0.250. The molecule has 0 N–H and O–H groups in total. The lowest BCUT2D eigenvalue weighted by Crippen LogP contribution is -2.03. The first kappa shape index (κ1) is 17.3. The Morgan fingerprint density at radius 3 is 2.72 bits per heavy atom. The fourth-order valence-electron chi connectivity index (χ4n) is 2.12. The average Bonchev–Trinajstić information content (AvgIpc) is 3.22. The molecule has 1 aromatic carbocycles. The van der Waals surface area contributed by atoms with E-state index in [2.05, 4.69) is 14.9 Å². The van der Waals surface area contributed by atoms with E-state index in [4.69, 9.17) is 13.6 Å². The van der Waals surface area contributed by atoms with Crippen molar-refractivity contribution in [3.8, 4) is 23.0 Å². The number of rotatable bonds is 7. The van der Waals surface area contributed by atoms with Crippen LogP contribution in [0.2, 0.25) is 0 Å². The first-order valence-corrected chi connectivity index (χ1v) is 8.18. The number of halogens is 2. The number of alkyl halides is 2. The van der Waals surface area contributed by atoms with Gasteiger partial charge in [0.25, 0.3) is 11.1 Å². The maximum atomic E-state index is 12.3. The molecule has 3 rings (SSSR count). The van der Waals surface area contributed by atoms with E-state index in [9.17, 15) is 8.78 Å². The van der Waals surface area contributed by atoms with Gasteiger partial charge in [0.15, 0.2) is 11.5 Å². The van der Waals surface area contributed by atoms with Gasteiger partial charge in [-0.15, -0.1) is 10.2 Å². The van der Waals surface area contributed by atoms with Crippen LogP contribution in [0, 0.1) is 6.92 Å². The summed E-state index contributed by atoms with van der Waals surface area (Å²) >= 11 is 1.32. The number of ether oxygens (including phenoxy) is 2. The van der Waals surface area contributed by atoms with E-state index in [-0.39, 0.29) is 11.5 Å². The molecule has 0 fully saturated rings. The number of hydrogen-bond acceptors (Lipinski definition) is 7. The Balaban J connectivity index is 1.68. The van der Waals surface area contributed by atoms with Crippen molar-refractivity contribution in [1.82, 2.24) is 10.2 Å². The Hall–Kier alpha value is -2.55. The van der Waals surface area contributed by atoms with Gasteiger partial charge in [-0.1, -0.05) is 17.8 Å². The molecule has 0 aliphatic heterocycles. The van der Waals surface area contributed by atoms with Crippen LogP contribution < -0.4 is 9.47 Å². The summed E-state index contributed by atoms with van der Waals surface area (Å²) < 4.78 is 44.9. The van der Waals surface area contributed by atoms with Gasteiger partial charge in [-0.2, -0.15) is 8.78 Å². The minimum atomic E-state index is -2.91. The number of thioether (sulfide) groups is 1. The smallest absolute Gasteiger partial charge is 0.387 e. The summed E-state index contributed by atoms with van der Waals surface area (Å²) in [6.45, 7) is -1.10. The van der Waals surface area contributed by atoms with Crippen molar-refractivity contribution >= 4 is 11.8 Å².